The third-order valence-corrected chi connectivity index (χ3v) is 4.41. The zero-order chi connectivity index (χ0) is 22.0. The van der Waals surface area contributed by atoms with Crippen molar-refractivity contribution in [3.8, 4) is 11.4 Å². The van der Waals surface area contributed by atoms with Crippen LogP contribution in [0.5, 0.6) is 0 Å². The SMILES string of the molecule is Cc1cnc(Nc2ccnn2C)nc1-c1coc(C(=O)NCc2ccc(F)c(F)c2)n1. The molecule has 1 aromatic carbocycles. The molecule has 31 heavy (non-hydrogen) atoms. The molecule has 0 fully saturated rings. The van der Waals surface area contributed by atoms with Crippen molar-refractivity contribution in [1.29, 1.82) is 0 Å². The summed E-state index contributed by atoms with van der Waals surface area (Å²) < 4.78 is 33.2. The Labute approximate surface area is 175 Å². The van der Waals surface area contributed by atoms with Gasteiger partial charge >= 0.3 is 5.91 Å². The van der Waals surface area contributed by atoms with Crippen LogP contribution in [0, 0.1) is 18.6 Å². The molecule has 0 bridgehead atoms. The Bertz CT molecular complexity index is 1250. The molecule has 158 valence electrons. The molecule has 9 nitrogen and oxygen atoms in total. The van der Waals surface area contributed by atoms with Crippen LogP contribution in [-0.2, 0) is 13.6 Å². The van der Waals surface area contributed by atoms with E-state index in [2.05, 4.69) is 30.7 Å². The number of hydrogen-bond acceptors (Lipinski definition) is 7. The van der Waals surface area contributed by atoms with E-state index in [1.807, 2.05) is 0 Å². The standard InChI is InChI=1S/C20H17F2N7O2/c1-11-8-24-20(27-16-5-6-25-29(16)2)28-17(11)15-10-31-19(26-15)18(30)23-9-12-3-4-13(21)14(22)7-12/h3-8,10H,9H2,1-2H3,(H,23,30)(H,24,27,28). The van der Waals surface area contributed by atoms with Crippen LogP contribution in [0.3, 0.4) is 0 Å². The van der Waals surface area contributed by atoms with Crippen molar-refractivity contribution in [2.75, 3.05) is 5.32 Å². The summed E-state index contributed by atoms with van der Waals surface area (Å²) in [4.78, 5) is 25.2. The van der Waals surface area contributed by atoms with Gasteiger partial charge in [0.1, 0.15) is 23.5 Å². The molecule has 2 N–H and O–H groups in total. The number of halogens is 2. The molecule has 0 aliphatic carbocycles. The van der Waals surface area contributed by atoms with Gasteiger partial charge in [0.2, 0.25) is 5.95 Å². The first-order valence-electron chi connectivity index (χ1n) is 9.17. The van der Waals surface area contributed by atoms with E-state index in [-0.39, 0.29) is 12.4 Å². The lowest BCUT2D eigenvalue weighted by atomic mass is 10.2. The lowest BCUT2D eigenvalue weighted by molar-refractivity contribution is 0.0916. The number of aryl methyl sites for hydroxylation is 2. The Morgan fingerprint density at radius 1 is 1.19 bits per heavy atom. The van der Waals surface area contributed by atoms with Crippen LogP contribution in [-0.4, -0.2) is 30.6 Å². The van der Waals surface area contributed by atoms with Gasteiger partial charge in [-0.3, -0.25) is 9.48 Å². The molecular formula is C20H17F2N7O2. The van der Waals surface area contributed by atoms with Crippen LogP contribution < -0.4 is 10.6 Å². The number of benzene rings is 1. The number of rotatable bonds is 6. The summed E-state index contributed by atoms with van der Waals surface area (Å²) in [6, 6.07) is 5.15. The lowest BCUT2D eigenvalue weighted by Crippen LogP contribution is -2.23. The summed E-state index contributed by atoms with van der Waals surface area (Å²) in [5.74, 6) is -1.69. The maximum atomic E-state index is 13.3. The van der Waals surface area contributed by atoms with Crippen LogP contribution in [0.25, 0.3) is 11.4 Å². The van der Waals surface area contributed by atoms with Crippen molar-refractivity contribution in [3.63, 3.8) is 0 Å². The largest absolute Gasteiger partial charge is 0.440 e. The topological polar surface area (TPSA) is 111 Å². The van der Waals surface area contributed by atoms with E-state index in [0.717, 1.165) is 17.7 Å². The number of aromatic nitrogens is 5. The highest BCUT2D eigenvalue weighted by atomic mass is 19.2. The molecule has 0 saturated heterocycles. The van der Waals surface area contributed by atoms with Gasteiger partial charge in [-0.05, 0) is 30.2 Å². The third-order valence-electron chi connectivity index (χ3n) is 4.41. The highest BCUT2D eigenvalue weighted by Gasteiger charge is 2.17. The van der Waals surface area contributed by atoms with Crippen LogP contribution in [0.1, 0.15) is 21.8 Å². The molecule has 0 spiro atoms. The maximum absolute atomic E-state index is 13.3. The number of nitrogens with one attached hydrogen (secondary N) is 2. The minimum atomic E-state index is -0.986. The van der Waals surface area contributed by atoms with Gasteiger partial charge in [0.25, 0.3) is 5.89 Å². The van der Waals surface area contributed by atoms with Crippen LogP contribution in [0.2, 0.25) is 0 Å². The lowest BCUT2D eigenvalue weighted by Gasteiger charge is -2.07. The molecule has 0 aliphatic heterocycles. The number of carbonyl (C=O) groups excluding carboxylic acids is 1. The zero-order valence-electron chi connectivity index (χ0n) is 16.6. The Hall–Kier alpha value is -4.15. The highest BCUT2D eigenvalue weighted by Crippen LogP contribution is 2.22. The fourth-order valence-electron chi connectivity index (χ4n) is 2.77. The van der Waals surface area contributed by atoms with Gasteiger partial charge in [-0.15, -0.1) is 0 Å². The Kier molecular flexibility index (Phi) is 5.39. The number of anilines is 2. The number of carbonyl (C=O) groups is 1. The van der Waals surface area contributed by atoms with E-state index >= 15 is 0 Å². The quantitative estimate of drug-likeness (QED) is 0.488. The molecule has 0 radical (unpaired) electrons. The number of hydrogen-bond donors (Lipinski definition) is 2. The van der Waals surface area contributed by atoms with Crippen molar-refractivity contribution in [3.05, 3.63) is 71.6 Å². The van der Waals surface area contributed by atoms with E-state index < -0.39 is 17.5 Å². The average Bonchev–Trinajstić information content (AvgIpc) is 3.40. The predicted molar refractivity (Wildman–Crippen MR) is 106 cm³/mol. The molecule has 0 aliphatic rings. The van der Waals surface area contributed by atoms with E-state index in [1.165, 1.54) is 12.3 Å². The van der Waals surface area contributed by atoms with Gasteiger partial charge in [0, 0.05) is 25.9 Å². The van der Waals surface area contributed by atoms with Crippen molar-refractivity contribution < 1.29 is 18.0 Å². The monoisotopic (exact) mass is 425 g/mol. The fourth-order valence-corrected chi connectivity index (χ4v) is 2.77. The zero-order valence-corrected chi connectivity index (χ0v) is 16.6. The smallest absolute Gasteiger partial charge is 0.307 e. The average molecular weight is 425 g/mol. The van der Waals surface area contributed by atoms with Gasteiger partial charge in [-0.2, -0.15) is 5.10 Å². The van der Waals surface area contributed by atoms with Gasteiger partial charge in [-0.1, -0.05) is 6.07 Å². The second kappa shape index (κ2) is 8.30. The Morgan fingerprint density at radius 2 is 2.03 bits per heavy atom. The fraction of sp³-hybridized carbons (Fsp3) is 0.150. The molecule has 0 unspecified atom stereocenters. The Balaban J connectivity index is 1.48. The number of nitrogens with zero attached hydrogens (tertiary/aromatic N) is 5. The van der Waals surface area contributed by atoms with Crippen LogP contribution in [0.4, 0.5) is 20.5 Å². The van der Waals surface area contributed by atoms with E-state index in [0.29, 0.717) is 28.7 Å². The molecule has 11 heteroatoms. The maximum Gasteiger partial charge on any atom is 0.307 e. The van der Waals surface area contributed by atoms with E-state index in [4.69, 9.17) is 4.42 Å². The number of amides is 1. The van der Waals surface area contributed by atoms with Crippen LogP contribution >= 0.6 is 0 Å². The molecule has 0 saturated carbocycles. The van der Waals surface area contributed by atoms with Gasteiger partial charge in [0.05, 0.1) is 6.20 Å². The van der Waals surface area contributed by atoms with E-state index in [1.54, 1.807) is 37.1 Å². The first kappa shape index (κ1) is 20.1. The minimum Gasteiger partial charge on any atom is -0.440 e. The van der Waals surface area contributed by atoms with Gasteiger partial charge < -0.3 is 15.1 Å². The first-order valence-corrected chi connectivity index (χ1v) is 9.17. The molecule has 1 amide bonds. The minimum absolute atomic E-state index is 0.0148. The normalized spacial score (nSPS) is 10.8. The second-order valence-electron chi connectivity index (χ2n) is 6.66. The Morgan fingerprint density at radius 3 is 2.77 bits per heavy atom. The molecule has 4 aromatic rings. The van der Waals surface area contributed by atoms with E-state index in [9.17, 15) is 13.6 Å². The highest BCUT2D eigenvalue weighted by molar-refractivity contribution is 5.90. The summed E-state index contributed by atoms with van der Waals surface area (Å²) in [6.07, 6.45) is 4.58. The number of oxazole rings is 1. The molecule has 3 heterocycles. The second-order valence-corrected chi connectivity index (χ2v) is 6.66. The predicted octanol–water partition coefficient (Wildman–Crippen LogP) is 3.13. The van der Waals surface area contributed by atoms with Crippen molar-refractivity contribution in [2.24, 2.45) is 7.05 Å². The molecular weight excluding hydrogens is 408 g/mol. The first-order chi connectivity index (χ1) is 14.9. The van der Waals surface area contributed by atoms with Crippen molar-refractivity contribution in [2.45, 2.75) is 13.5 Å². The molecule has 3 aromatic heterocycles. The van der Waals surface area contributed by atoms with Crippen molar-refractivity contribution >= 4 is 17.7 Å². The molecule has 4 rings (SSSR count). The van der Waals surface area contributed by atoms with Crippen LogP contribution in [0.15, 0.2) is 47.3 Å². The molecule has 0 atom stereocenters. The van der Waals surface area contributed by atoms with Crippen molar-refractivity contribution in [1.82, 2.24) is 30.0 Å². The summed E-state index contributed by atoms with van der Waals surface area (Å²) in [7, 11) is 1.78. The third kappa shape index (κ3) is 4.39. The summed E-state index contributed by atoms with van der Waals surface area (Å²) in [6.45, 7) is 1.79. The summed E-state index contributed by atoms with van der Waals surface area (Å²) in [5.41, 5.74) is 1.98. The van der Waals surface area contributed by atoms with Gasteiger partial charge in [0.15, 0.2) is 11.6 Å². The van der Waals surface area contributed by atoms with Gasteiger partial charge in [-0.25, -0.2) is 23.7 Å². The summed E-state index contributed by atoms with van der Waals surface area (Å²) >= 11 is 0. The summed E-state index contributed by atoms with van der Waals surface area (Å²) in [5, 5.41) is 9.67.